The third-order valence-electron chi connectivity index (χ3n) is 1.86. The lowest BCUT2D eigenvalue weighted by Crippen LogP contribution is -1.98. The third kappa shape index (κ3) is 5.10. The van der Waals surface area contributed by atoms with Crippen molar-refractivity contribution >= 4 is 28.2 Å². The molecular formula is C10H9F3N4OS2. The van der Waals surface area contributed by atoms with Crippen LogP contribution in [0.4, 0.5) is 13.2 Å². The van der Waals surface area contributed by atoms with E-state index in [0.717, 1.165) is 0 Å². The van der Waals surface area contributed by atoms with Gasteiger partial charge >= 0.3 is 6.08 Å². The van der Waals surface area contributed by atoms with Crippen molar-refractivity contribution in [3.05, 3.63) is 23.0 Å². The number of halogens is 3. The normalized spacial score (nSPS) is 12.3. The van der Waals surface area contributed by atoms with Crippen LogP contribution in [0.3, 0.4) is 0 Å². The average Bonchev–Trinajstić information content (AvgIpc) is 2.89. The second-order valence-electron chi connectivity index (χ2n) is 3.12. The van der Waals surface area contributed by atoms with Gasteiger partial charge in [0.05, 0.1) is 11.1 Å². The molecule has 108 valence electrons. The molecule has 0 amide bonds. The zero-order chi connectivity index (χ0) is 15.0. The molecular weight excluding hydrogens is 313 g/mol. The first kappa shape index (κ1) is 16.3. The van der Waals surface area contributed by atoms with E-state index in [0.29, 0.717) is 9.22 Å². The van der Waals surface area contributed by atoms with E-state index in [9.17, 15) is 13.2 Å². The Kier molecular flexibility index (Phi) is 6.89. The van der Waals surface area contributed by atoms with Gasteiger partial charge in [0.2, 0.25) is 6.19 Å². The summed E-state index contributed by atoms with van der Waals surface area (Å²) in [5.74, 6) is -1.53. The Labute approximate surface area is 119 Å². The van der Waals surface area contributed by atoms with Crippen molar-refractivity contribution in [1.29, 1.82) is 5.26 Å². The molecule has 0 radical (unpaired) electrons. The van der Waals surface area contributed by atoms with Gasteiger partial charge in [-0.05, 0) is 10.7 Å². The predicted molar refractivity (Wildman–Crippen MR) is 70.2 cm³/mol. The van der Waals surface area contributed by atoms with Crippen LogP contribution < -0.4 is 0 Å². The molecule has 0 aliphatic rings. The number of nitriles is 1. The number of thiazole rings is 1. The fourth-order valence-electron chi connectivity index (χ4n) is 1.05. The second-order valence-corrected chi connectivity index (χ2v) is 6.15. The maximum atomic E-state index is 12.8. The van der Waals surface area contributed by atoms with Gasteiger partial charge in [0.25, 0.3) is 0 Å². The van der Waals surface area contributed by atoms with Gasteiger partial charge in [-0.2, -0.15) is 14.0 Å². The topological polar surface area (TPSA) is 70.6 Å². The molecule has 0 bridgehead atoms. The molecule has 1 atom stereocenters. The molecule has 5 nitrogen and oxygen atoms in total. The first-order valence-corrected chi connectivity index (χ1v) is 7.28. The molecule has 0 aromatic carbocycles. The van der Waals surface area contributed by atoms with Gasteiger partial charge in [-0.25, -0.2) is 9.37 Å². The number of hydrogen-bond donors (Lipinski definition) is 0. The Morgan fingerprint density at radius 1 is 1.60 bits per heavy atom. The highest BCUT2D eigenvalue weighted by molar-refractivity contribution is 7.89. The minimum absolute atomic E-state index is 0.0366. The van der Waals surface area contributed by atoms with Crippen molar-refractivity contribution < 1.29 is 18.0 Å². The Bertz CT molecular complexity index is 588. The summed E-state index contributed by atoms with van der Waals surface area (Å²) >= 11 is 1.18. The molecule has 0 saturated carbocycles. The molecule has 1 heterocycles. The van der Waals surface area contributed by atoms with Crippen LogP contribution in [0, 0.1) is 11.5 Å². The molecule has 1 rings (SSSR count). The van der Waals surface area contributed by atoms with Crippen LogP contribution >= 0.6 is 11.3 Å². The summed E-state index contributed by atoms with van der Waals surface area (Å²) in [5.41, 5.74) is 0. The first-order valence-electron chi connectivity index (χ1n) is 5.11. The monoisotopic (exact) mass is 322 g/mol. The van der Waals surface area contributed by atoms with Crippen LogP contribution in [0.25, 0.3) is 0 Å². The van der Waals surface area contributed by atoms with Crippen LogP contribution in [0.5, 0.6) is 0 Å². The summed E-state index contributed by atoms with van der Waals surface area (Å²) in [4.78, 5) is 9.18. The fourth-order valence-corrected chi connectivity index (χ4v) is 3.58. The van der Waals surface area contributed by atoms with Crippen molar-refractivity contribution in [3.63, 3.8) is 0 Å². The molecule has 0 spiro atoms. The van der Waals surface area contributed by atoms with Crippen LogP contribution in [0.2, 0.25) is 0 Å². The van der Waals surface area contributed by atoms with E-state index in [1.54, 1.807) is 6.19 Å². The van der Waals surface area contributed by atoms with Crippen LogP contribution in [0.15, 0.2) is 32.0 Å². The molecule has 1 aromatic heterocycles. The summed E-state index contributed by atoms with van der Waals surface area (Å²) in [7, 11) is 0.335. The molecule has 1 aromatic rings. The lowest BCUT2D eigenvalue weighted by Gasteiger charge is -2.00. The molecule has 1 unspecified atom stereocenters. The van der Waals surface area contributed by atoms with Crippen molar-refractivity contribution in [2.24, 2.45) is 9.52 Å². The Balaban J connectivity index is 2.85. The van der Waals surface area contributed by atoms with Gasteiger partial charge in [0.15, 0.2) is 10.2 Å². The number of oxime groups is 1. The first-order chi connectivity index (χ1) is 9.58. The highest BCUT2D eigenvalue weighted by Gasteiger charge is 2.11. The molecule has 0 aliphatic carbocycles. The quantitative estimate of drug-likeness (QED) is 0.458. The fraction of sp³-hybridized carbons (Fsp3) is 0.300. The summed E-state index contributed by atoms with van der Waals surface area (Å²) in [6.07, 6.45) is 1.65. The van der Waals surface area contributed by atoms with E-state index in [2.05, 4.69) is 19.3 Å². The average molecular weight is 322 g/mol. The standard InChI is InChI=1S/C10H9F3N4OS2/c1-18-16-5-7-4-15-10(19-7)20(17-6-14)3-2-8(11)9(12)13/h4-5H,2-3H2,1H3/b16-5-. The summed E-state index contributed by atoms with van der Waals surface area (Å²) < 4.78 is 40.8. The summed E-state index contributed by atoms with van der Waals surface area (Å²) in [5, 5.41) is 12.1. The zero-order valence-corrected chi connectivity index (χ0v) is 11.8. The second kappa shape index (κ2) is 8.44. The van der Waals surface area contributed by atoms with E-state index in [4.69, 9.17) is 5.26 Å². The van der Waals surface area contributed by atoms with Crippen molar-refractivity contribution in [1.82, 2.24) is 4.98 Å². The van der Waals surface area contributed by atoms with Crippen LogP contribution in [-0.4, -0.2) is 24.1 Å². The molecule has 0 fully saturated rings. The molecule has 10 heteroatoms. The van der Waals surface area contributed by atoms with E-state index in [-0.39, 0.29) is 5.75 Å². The maximum Gasteiger partial charge on any atom is 0.301 e. The number of hydrogen-bond acceptors (Lipinski definition) is 6. The number of aromatic nitrogens is 1. The number of nitrogens with zero attached hydrogens (tertiary/aromatic N) is 4. The largest absolute Gasteiger partial charge is 0.399 e. The summed E-state index contributed by atoms with van der Waals surface area (Å²) in [6, 6.07) is 0. The Morgan fingerprint density at radius 3 is 2.95 bits per heavy atom. The SMILES string of the molecule is CO/N=C\c1cnc(/S(CCC(F)=C(F)F)=N/C#N)s1. The number of allylic oxidation sites excluding steroid dienone is 1. The summed E-state index contributed by atoms with van der Waals surface area (Å²) in [6.45, 7) is 0. The van der Waals surface area contributed by atoms with Gasteiger partial charge < -0.3 is 4.84 Å². The molecule has 20 heavy (non-hydrogen) atoms. The van der Waals surface area contributed by atoms with E-state index < -0.39 is 29.0 Å². The van der Waals surface area contributed by atoms with Crippen molar-refractivity contribution in [2.45, 2.75) is 10.8 Å². The van der Waals surface area contributed by atoms with Gasteiger partial charge in [-0.1, -0.05) is 5.16 Å². The van der Waals surface area contributed by atoms with Crippen LogP contribution in [0.1, 0.15) is 11.3 Å². The van der Waals surface area contributed by atoms with Crippen molar-refractivity contribution in [2.75, 3.05) is 12.9 Å². The maximum absolute atomic E-state index is 12.8. The van der Waals surface area contributed by atoms with E-state index in [1.807, 2.05) is 0 Å². The van der Waals surface area contributed by atoms with E-state index in [1.165, 1.54) is 30.9 Å². The predicted octanol–water partition coefficient (Wildman–Crippen LogP) is 3.23. The molecule has 0 saturated heterocycles. The van der Waals surface area contributed by atoms with Gasteiger partial charge in [-0.15, -0.1) is 15.7 Å². The lowest BCUT2D eigenvalue weighted by molar-refractivity contribution is 0.215. The minimum atomic E-state index is -2.35. The highest BCUT2D eigenvalue weighted by Crippen LogP contribution is 2.20. The number of rotatable bonds is 6. The lowest BCUT2D eigenvalue weighted by atomic mass is 10.4. The van der Waals surface area contributed by atoms with Gasteiger partial charge in [0, 0.05) is 18.4 Å². The third-order valence-corrected chi connectivity index (χ3v) is 4.82. The van der Waals surface area contributed by atoms with E-state index >= 15 is 0 Å². The molecule has 0 aliphatic heterocycles. The van der Waals surface area contributed by atoms with Crippen LogP contribution in [-0.2, 0) is 15.5 Å². The Morgan fingerprint density at radius 2 is 2.35 bits per heavy atom. The zero-order valence-electron chi connectivity index (χ0n) is 10.2. The molecule has 0 N–H and O–H groups in total. The minimum Gasteiger partial charge on any atom is -0.399 e. The van der Waals surface area contributed by atoms with Gasteiger partial charge in [-0.3, -0.25) is 0 Å². The Hall–Kier alpha value is -1.73. The van der Waals surface area contributed by atoms with Crippen molar-refractivity contribution in [3.8, 4) is 6.19 Å². The van der Waals surface area contributed by atoms with Gasteiger partial charge in [0.1, 0.15) is 7.11 Å². The smallest absolute Gasteiger partial charge is 0.301 e. The highest BCUT2D eigenvalue weighted by atomic mass is 32.2.